The van der Waals surface area contributed by atoms with Crippen LogP contribution in [0.4, 0.5) is 0 Å². The van der Waals surface area contributed by atoms with Crippen LogP contribution in [0.15, 0.2) is 42.6 Å². The average Bonchev–Trinajstić information content (AvgIpc) is 2.71. The van der Waals surface area contributed by atoms with Crippen molar-refractivity contribution < 1.29 is 9.30 Å². The molecule has 0 radical (unpaired) electrons. The first kappa shape index (κ1) is 22.9. The summed E-state index contributed by atoms with van der Waals surface area (Å²) < 4.78 is 9.25. The van der Waals surface area contributed by atoms with E-state index >= 15 is 0 Å². The standard InChI is InChI=1S/C32H38NO/c1-19-11-10-12-23-20(2)27-29-28-22(13-14-33(29)9)15-21(17-31(3,4)5)16-25(28)34-30(27)24(26(19)23)18-32(6,7)8/h10-16H,17-18H2,1-9H3/q+1. The first-order valence-electron chi connectivity index (χ1n) is 12.5. The highest BCUT2D eigenvalue weighted by molar-refractivity contribution is 6.07. The van der Waals surface area contributed by atoms with Gasteiger partial charge in [-0.3, -0.25) is 0 Å². The van der Waals surface area contributed by atoms with Gasteiger partial charge in [-0.1, -0.05) is 65.8 Å². The van der Waals surface area contributed by atoms with Crippen LogP contribution in [0.1, 0.15) is 63.8 Å². The molecule has 34 heavy (non-hydrogen) atoms. The fourth-order valence-corrected chi connectivity index (χ4v) is 5.78. The van der Waals surface area contributed by atoms with Crippen molar-refractivity contribution in [3.8, 4) is 22.8 Å². The summed E-state index contributed by atoms with van der Waals surface area (Å²) in [4.78, 5) is 0. The number of pyridine rings is 1. The van der Waals surface area contributed by atoms with E-state index in [0.29, 0.717) is 0 Å². The monoisotopic (exact) mass is 452 g/mol. The maximum Gasteiger partial charge on any atom is 0.228 e. The van der Waals surface area contributed by atoms with Crippen LogP contribution in [0.25, 0.3) is 32.8 Å². The third-order valence-electron chi connectivity index (χ3n) is 7.00. The van der Waals surface area contributed by atoms with Crippen LogP contribution in [-0.4, -0.2) is 0 Å². The Balaban J connectivity index is 1.91. The lowest BCUT2D eigenvalue weighted by molar-refractivity contribution is -0.659. The summed E-state index contributed by atoms with van der Waals surface area (Å²) in [6, 6.07) is 13.6. The summed E-state index contributed by atoms with van der Waals surface area (Å²) in [5.74, 6) is 2.05. The lowest BCUT2D eigenvalue weighted by Gasteiger charge is -2.29. The zero-order valence-electron chi connectivity index (χ0n) is 22.3. The minimum atomic E-state index is 0.143. The number of rotatable bonds is 2. The maximum absolute atomic E-state index is 6.97. The lowest BCUT2D eigenvalue weighted by Crippen LogP contribution is -2.32. The van der Waals surface area contributed by atoms with Crippen molar-refractivity contribution in [1.29, 1.82) is 0 Å². The van der Waals surface area contributed by atoms with Gasteiger partial charge in [0.2, 0.25) is 5.69 Å². The van der Waals surface area contributed by atoms with E-state index in [1.807, 2.05) is 0 Å². The third-order valence-corrected chi connectivity index (χ3v) is 7.00. The summed E-state index contributed by atoms with van der Waals surface area (Å²) in [5.41, 5.74) is 8.18. The van der Waals surface area contributed by atoms with E-state index in [1.165, 1.54) is 55.1 Å². The van der Waals surface area contributed by atoms with Crippen LogP contribution in [0.3, 0.4) is 0 Å². The Morgan fingerprint density at radius 2 is 1.56 bits per heavy atom. The van der Waals surface area contributed by atoms with Crippen molar-refractivity contribution in [3.05, 3.63) is 64.8 Å². The minimum absolute atomic E-state index is 0.143. The molecule has 3 aromatic carbocycles. The quantitative estimate of drug-likeness (QED) is 0.245. The molecule has 0 spiro atoms. The Labute approximate surface area is 204 Å². The molecule has 0 saturated heterocycles. The van der Waals surface area contributed by atoms with E-state index in [-0.39, 0.29) is 10.8 Å². The molecule has 1 aromatic heterocycles. The number of ether oxygens (including phenoxy) is 1. The molecule has 0 bridgehead atoms. The smallest absolute Gasteiger partial charge is 0.228 e. The largest absolute Gasteiger partial charge is 0.455 e. The molecule has 0 fully saturated rings. The van der Waals surface area contributed by atoms with Crippen LogP contribution in [0, 0.1) is 24.7 Å². The second kappa shape index (κ2) is 7.57. The van der Waals surface area contributed by atoms with Crippen molar-refractivity contribution in [3.63, 3.8) is 0 Å². The number of fused-ring (bicyclic) bond motifs is 3. The van der Waals surface area contributed by atoms with Gasteiger partial charge in [-0.05, 0) is 76.4 Å². The van der Waals surface area contributed by atoms with Crippen molar-refractivity contribution in [2.24, 2.45) is 17.9 Å². The molecule has 0 aliphatic carbocycles. The molecule has 2 heterocycles. The summed E-state index contributed by atoms with van der Waals surface area (Å²) in [5, 5.41) is 5.19. The van der Waals surface area contributed by atoms with E-state index < -0.39 is 0 Å². The van der Waals surface area contributed by atoms with Gasteiger partial charge in [-0.2, -0.15) is 0 Å². The highest BCUT2D eigenvalue weighted by Crippen LogP contribution is 2.52. The number of aromatic nitrogens is 1. The Morgan fingerprint density at radius 1 is 0.853 bits per heavy atom. The molecular formula is C32H38NO+. The zero-order valence-corrected chi connectivity index (χ0v) is 22.3. The number of hydrogen-bond donors (Lipinski definition) is 0. The highest BCUT2D eigenvalue weighted by atomic mass is 16.5. The van der Waals surface area contributed by atoms with Crippen LogP contribution < -0.4 is 9.30 Å². The Morgan fingerprint density at radius 3 is 2.24 bits per heavy atom. The predicted octanol–water partition coefficient (Wildman–Crippen LogP) is 8.38. The van der Waals surface area contributed by atoms with Gasteiger partial charge in [0.05, 0.1) is 10.9 Å². The van der Waals surface area contributed by atoms with Crippen LogP contribution in [0.5, 0.6) is 11.5 Å². The first-order valence-corrected chi connectivity index (χ1v) is 12.5. The molecule has 2 heteroatoms. The zero-order chi connectivity index (χ0) is 24.6. The van der Waals surface area contributed by atoms with Gasteiger partial charge in [0, 0.05) is 11.6 Å². The van der Waals surface area contributed by atoms with Crippen LogP contribution >= 0.6 is 0 Å². The van der Waals surface area contributed by atoms with E-state index in [0.717, 1.165) is 24.3 Å². The van der Waals surface area contributed by atoms with Gasteiger partial charge in [0.15, 0.2) is 6.20 Å². The number of benzene rings is 3. The van der Waals surface area contributed by atoms with E-state index in [2.05, 4.69) is 110 Å². The normalized spacial score (nSPS) is 13.3. The van der Waals surface area contributed by atoms with Gasteiger partial charge in [-0.15, -0.1) is 0 Å². The van der Waals surface area contributed by atoms with Crippen molar-refractivity contribution >= 4 is 21.5 Å². The van der Waals surface area contributed by atoms with Crippen molar-refractivity contribution in [2.45, 2.75) is 68.2 Å². The van der Waals surface area contributed by atoms with E-state index in [4.69, 9.17) is 4.74 Å². The summed E-state index contributed by atoms with van der Waals surface area (Å²) in [7, 11) is 2.17. The highest BCUT2D eigenvalue weighted by Gasteiger charge is 2.34. The van der Waals surface area contributed by atoms with Gasteiger partial charge < -0.3 is 4.74 Å². The second-order valence-corrected chi connectivity index (χ2v) is 12.7. The van der Waals surface area contributed by atoms with Gasteiger partial charge in [-0.25, -0.2) is 4.57 Å². The Kier molecular flexibility index (Phi) is 5.10. The molecular weight excluding hydrogens is 414 g/mol. The molecule has 1 aliphatic heterocycles. The average molecular weight is 453 g/mol. The molecule has 0 amide bonds. The molecule has 0 N–H and O–H groups in total. The van der Waals surface area contributed by atoms with Crippen molar-refractivity contribution in [1.82, 2.24) is 0 Å². The minimum Gasteiger partial charge on any atom is -0.455 e. The maximum atomic E-state index is 6.97. The predicted molar refractivity (Wildman–Crippen MR) is 144 cm³/mol. The summed E-state index contributed by atoms with van der Waals surface area (Å²) in [6.07, 6.45) is 4.20. The molecule has 0 atom stereocenters. The molecule has 2 nitrogen and oxygen atoms in total. The van der Waals surface area contributed by atoms with Gasteiger partial charge >= 0.3 is 0 Å². The summed E-state index contributed by atoms with van der Waals surface area (Å²) in [6.45, 7) is 18.4. The Hall–Kier alpha value is -2.87. The molecule has 0 unspecified atom stereocenters. The molecule has 0 saturated carbocycles. The second-order valence-electron chi connectivity index (χ2n) is 12.7. The first-order chi connectivity index (χ1) is 15.8. The lowest BCUT2D eigenvalue weighted by atomic mass is 9.80. The number of aryl methyl sites for hydroxylation is 3. The number of nitrogens with zero attached hydrogens (tertiary/aromatic N) is 1. The molecule has 4 aromatic rings. The van der Waals surface area contributed by atoms with Crippen LogP contribution in [-0.2, 0) is 19.9 Å². The molecule has 176 valence electrons. The van der Waals surface area contributed by atoms with Gasteiger partial charge in [0.1, 0.15) is 18.5 Å². The fraction of sp³-hybridized carbons (Fsp3) is 0.406. The topological polar surface area (TPSA) is 13.1 Å². The molecule has 1 aliphatic rings. The van der Waals surface area contributed by atoms with Crippen molar-refractivity contribution in [2.75, 3.05) is 0 Å². The van der Waals surface area contributed by atoms with Crippen LogP contribution in [0.2, 0.25) is 0 Å². The van der Waals surface area contributed by atoms with Gasteiger partial charge in [0.25, 0.3) is 0 Å². The van der Waals surface area contributed by atoms with E-state index in [1.54, 1.807) is 0 Å². The molecule has 5 rings (SSSR count). The Bertz CT molecular complexity index is 1460. The third kappa shape index (κ3) is 3.78. The SMILES string of the molecule is Cc1c2c(c(CC(C)(C)C)c3c(C)cccc13)Oc1cc(CC(C)(C)C)cc3cc[n+](C)c-2c13. The number of hydrogen-bond acceptors (Lipinski definition) is 1. The summed E-state index contributed by atoms with van der Waals surface area (Å²) >= 11 is 0. The fourth-order valence-electron chi connectivity index (χ4n) is 5.78. The van der Waals surface area contributed by atoms with E-state index in [9.17, 15) is 0 Å².